The van der Waals surface area contributed by atoms with Crippen LogP contribution in [0.3, 0.4) is 0 Å². The van der Waals surface area contributed by atoms with Crippen LogP contribution in [0.2, 0.25) is 0 Å². The fourth-order valence-electron chi connectivity index (χ4n) is 5.10. The first-order chi connectivity index (χ1) is 18.3. The van der Waals surface area contributed by atoms with E-state index >= 15 is 0 Å². The van der Waals surface area contributed by atoms with E-state index in [9.17, 15) is 14.7 Å². The number of amides is 1. The fraction of sp³-hybridized carbons (Fsp3) is 0.172. The second-order valence-electron chi connectivity index (χ2n) is 9.15. The maximum atomic E-state index is 13.1. The molecule has 2 aromatic heterocycles. The number of anilines is 1. The van der Waals surface area contributed by atoms with Gasteiger partial charge in [-0.05, 0) is 74.1 Å². The van der Waals surface area contributed by atoms with Crippen molar-refractivity contribution in [3.05, 3.63) is 113 Å². The highest BCUT2D eigenvalue weighted by molar-refractivity contribution is 7.80. The first-order valence-electron chi connectivity index (χ1n) is 12.2. The molecule has 0 aliphatic carbocycles. The molecule has 0 radical (unpaired) electrons. The number of para-hydroxylation sites is 2. The largest absolute Gasteiger partial charge is 0.478 e. The number of carbonyl (C=O) groups excluding carboxylic acids is 1. The first-order valence-corrected chi connectivity index (χ1v) is 12.6. The quantitative estimate of drug-likeness (QED) is 0.298. The van der Waals surface area contributed by atoms with Crippen molar-refractivity contribution in [2.75, 3.05) is 11.9 Å². The Labute approximate surface area is 225 Å². The summed E-state index contributed by atoms with van der Waals surface area (Å²) in [6, 6.07) is 23.3. The third-order valence-electron chi connectivity index (χ3n) is 6.73. The van der Waals surface area contributed by atoms with Gasteiger partial charge in [-0.25, -0.2) is 4.79 Å². The Balaban J connectivity index is 1.57. The Kier molecular flexibility index (Phi) is 6.93. The number of pyridine rings is 1. The summed E-state index contributed by atoms with van der Waals surface area (Å²) in [5.74, 6) is -1.19. The molecular formula is C29H27N5O3S. The monoisotopic (exact) mass is 525 g/mol. The molecule has 1 aliphatic rings. The molecular weight excluding hydrogens is 498 g/mol. The smallest absolute Gasteiger partial charge is 0.337 e. The molecule has 1 saturated heterocycles. The standard InChI is InChI=1S/C29H27N5O3S/c1-18-16-22(19(2)34(18)24-14-7-6-12-21(24)28(36)37)27-26(23-13-8-9-15-30-23)32-29(38)33(27)17-25(35)31-20-10-4-3-5-11-20/h3-16,26-27H,17H2,1-2H3,(H,31,35)(H,32,38)(H,36,37). The third kappa shape index (κ3) is 4.76. The Hall–Kier alpha value is -4.50. The maximum Gasteiger partial charge on any atom is 0.337 e. The summed E-state index contributed by atoms with van der Waals surface area (Å²) >= 11 is 5.73. The molecule has 8 nitrogen and oxygen atoms in total. The molecule has 38 heavy (non-hydrogen) atoms. The molecule has 4 aromatic rings. The minimum atomic E-state index is -0.996. The van der Waals surface area contributed by atoms with Crippen LogP contribution in [0.4, 0.5) is 5.69 Å². The van der Waals surface area contributed by atoms with Crippen molar-refractivity contribution < 1.29 is 14.7 Å². The highest BCUT2D eigenvalue weighted by Gasteiger charge is 2.42. The van der Waals surface area contributed by atoms with E-state index in [1.165, 1.54) is 0 Å². The van der Waals surface area contributed by atoms with E-state index in [-0.39, 0.29) is 30.1 Å². The predicted molar refractivity (Wildman–Crippen MR) is 149 cm³/mol. The average molecular weight is 526 g/mol. The number of thiocarbonyl (C=S) groups is 1. The zero-order valence-electron chi connectivity index (χ0n) is 21.0. The number of rotatable bonds is 7. The predicted octanol–water partition coefficient (Wildman–Crippen LogP) is 4.80. The molecule has 192 valence electrons. The van der Waals surface area contributed by atoms with Gasteiger partial charge in [-0.2, -0.15) is 0 Å². The van der Waals surface area contributed by atoms with Crippen LogP contribution < -0.4 is 10.6 Å². The Morgan fingerprint density at radius 3 is 2.45 bits per heavy atom. The van der Waals surface area contributed by atoms with E-state index < -0.39 is 5.97 Å². The van der Waals surface area contributed by atoms with Crippen molar-refractivity contribution in [3.63, 3.8) is 0 Å². The minimum absolute atomic E-state index is 0.0319. The highest BCUT2D eigenvalue weighted by Crippen LogP contribution is 2.41. The van der Waals surface area contributed by atoms with Crippen molar-refractivity contribution >= 4 is 34.9 Å². The van der Waals surface area contributed by atoms with Gasteiger partial charge in [0.2, 0.25) is 5.91 Å². The molecule has 2 unspecified atom stereocenters. The maximum absolute atomic E-state index is 13.1. The number of nitrogens with one attached hydrogen (secondary N) is 2. The van der Waals surface area contributed by atoms with Gasteiger partial charge in [0.1, 0.15) is 6.54 Å². The summed E-state index contributed by atoms with van der Waals surface area (Å²) in [5, 5.41) is 16.6. The van der Waals surface area contributed by atoms with E-state index in [2.05, 4.69) is 15.6 Å². The highest BCUT2D eigenvalue weighted by atomic mass is 32.1. The van der Waals surface area contributed by atoms with Gasteiger partial charge in [0.15, 0.2) is 5.11 Å². The van der Waals surface area contributed by atoms with E-state index in [4.69, 9.17) is 12.2 Å². The van der Waals surface area contributed by atoms with Crippen LogP contribution in [0.1, 0.15) is 45.1 Å². The van der Waals surface area contributed by atoms with E-state index in [0.29, 0.717) is 16.5 Å². The van der Waals surface area contributed by atoms with Crippen molar-refractivity contribution in [3.8, 4) is 5.69 Å². The van der Waals surface area contributed by atoms with Gasteiger partial charge in [0.05, 0.1) is 29.0 Å². The van der Waals surface area contributed by atoms with Gasteiger partial charge in [-0.3, -0.25) is 9.78 Å². The van der Waals surface area contributed by atoms with Gasteiger partial charge < -0.3 is 25.2 Å². The van der Waals surface area contributed by atoms with Crippen LogP contribution in [0.15, 0.2) is 85.1 Å². The molecule has 3 heterocycles. The number of aromatic carboxylic acids is 1. The molecule has 1 aliphatic heterocycles. The van der Waals surface area contributed by atoms with Crippen LogP contribution in [-0.2, 0) is 4.79 Å². The number of aromatic nitrogens is 2. The molecule has 9 heteroatoms. The number of carboxylic acid groups (broad SMARTS) is 1. The lowest BCUT2D eigenvalue weighted by Crippen LogP contribution is -2.37. The van der Waals surface area contributed by atoms with E-state index in [1.807, 2.05) is 84.0 Å². The second kappa shape index (κ2) is 10.5. The van der Waals surface area contributed by atoms with Crippen LogP contribution in [0.25, 0.3) is 5.69 Å². The molecule has 3 N–H and O–H groups in total. The lowest BCUT2D eigenvalue weighted by atomic mass is 9.96. The van der Waals surface area contributed by atoms with E-state index in [1.54, 1.807) is 24.4 Å². The van der Waals surface area contributed by atoms with Gasteiger partial charge in [0.25, 0.3) is 0 Å². The van der Waals surface area contributed by atoms with Gasteiger partial charge in [0, 0.05) is 23.3 Å². The fourth-order valence-corrected chi connectivity index (χ4v) is 5.40. The summed E-state index contributed by atoms with van der Waals surface area (Å²) in [7, 11) is 0. The van der Waals surface area contributed by atoms with Crippen molar-refractivity contribution in [2.45, 2.75) is 25.9 Å². The average Bonchev–Trinajstić information content (AvgIpc) is 3.39. The number of hydrogen-bond donors (Lipinski definition) is 3. The third-order valence-corrected chi connectivity index (χ3v) is 7.09. The number of carbonyl (C=O) groups is 2. The SMILES string of the molecule is Cc1cc(C2C(c3ccccn3)NC(=S)N2CC(=O)Nc2ccccc2)c(C)n1-c1ccccc1C(=O)O. The summed E-state index contributed by atoms with van der Waals surface area (Å²) in [6.07, 6.45) is 1.73. The molecule has 0 spiro atoms. The van der Waals surface area contributed by atoms with Crippen molar-refractivity contribution in [1.29, 1.82) is 0 Å². The second-order valence-corrected chi connectivity index (χ2v) is 9.54. The van der Waals surface area contributed by atoms with Crippen molar-refractivity contribution in [1.82, 2.24) is 19.8 Å². The first kappa shape index (κ1) is 25.2. The van der Waals surface area contributed by atoms with Crippen LogP contribution in [-0.4, -0.2) is 43.1 Å². The van der Waals surface area contributed by atoms with Crippen LogP contribution in [0.5, 0.6) is 0 Å². The van der Waals surface area contributed by atoms with Gasteiger partial charge >= 0.3 is 5.97 Å². The van der Waals surface area contributed by atoms with E-state index in [0.717, 1.165) is 22.6 Å². The Bertz CT molecular complexity index is 1500. The summed E-state index contributed by atoms with van der Waals surface area (Å²) in [6.45, 7) is 3.93. The van der Waals surface area contributed by atoms with Crippen molar-refractivity contribution in [2.24, 2.45) is 0 Å². The lowest BCUT2D eigenvalue weighted by molar-refractivity contribution is -0.116. The van der Waals surface area contributed by atoms with Gasteiger partial charge in [-0.1, -0.05) is 36.4 Å². The zero-order chi connectivity index (χ0) is 26.8. The van der Waals surface area contributed by atoms with Crippen LogP contribution in [0, 0.1) is 13.8 Å². The Morgan fingerprint density at radius 2 is 1.74 bits per heavy atom. The summed E-state index contributed by atoms with van der Waals surface area (Å²) in [5.41, 5.74) is 4.95. The molecule has 0 bridgehead atoms. The number of benzene rings is 2. The topological polar surface area (TPSA) is 99.5 Å². The summed E-state index contributed by atoms with van der Waals surface area (Å²) < 4.78 is 1.94. The molecule has 2 atom stereocenters. The molecule has 0 saturated carbocycles. The molecule has 1 fully saturated rings. The van der Waals surface area contributed by atoms with Gasteiger partial charge in [-0.15, -0.1) is 0 Å². The molecule has 5 rings (SSSR count). The molecule has 2 aromatic carbocycles. The minimum Gasteiger partial charge on any atom is -0.478 e. The molecule has 1 amide bonds. The van der Waals surface area contributed by atoms with Crippen LogP contribution >= 0.6 is 12.2 Å². The number of hydrogen-bond acceptors (Lipinski definition) is 4. The zero-order valence-corrected chi connectivity index (χ0v) is 21.8. The normalized spacial score (nSPS) is 16.8. The number of nitrogens with zero attached hydrogens (tertiary/aromatic N) is 3. The Morgan fingerprint density at radius 1 is 1.03 bits per heavy atom. The number of aryl methyl sites for hydroxylation is 1. The lowest BCUT2D eigenvalue weighted by Gasteiger charge is -2.27. The summed E-state index contributed by atoms with van der Waals surface area (Å²) in [4.78, 5) is 31.5. The number of carboxylic acids is 1.